The molecule has 0 fully saturated rings. The van der Waals surface area contributed by atoms with Gasteiger partial charge in [-0.05, 0) is 37.6 Å². The van der Waals surface area contributed by atoms with Gasteiger partial charge in [-0.25, -0.2) is 0 Å². The Morgan fingerprint density at radius 3 is 2.28 bits per heavy atom. The van der Waals surface area contributed by atoms with E-state index >= 15 is 0 Å². The van der Waals surface area contributed by atoms with Crippen LogP contribution in [0, 0.1) is 6.92 Å². The maximum absolute atomic E-state index is 12.9. The van der Waals surface area contributed by atoms with Crippen molar-refractivity contribution in [3.8, 4) is 0 Å². The number of aryl methyl sites for hydroxylation is 1. The van der Waals surface area contributed by atoms with Gasteiger partial charge in [0, 0.05) is 11.1 Å². The minimum absolute atomic E-state index is 0.0283. The van der Waals surface area contributed by atoms with Gasteiger partial charge in [-0.15, -0.1) is 0 Å². The molecule has 0 bridgehead atoms. The number of carbonyl (C=O) groups is 2. The highest BCUT2D eigenvalue weighted by Gasteiger charge is 2.31. The Morgan fingerprint density at radius 1 is 1.04 bits per heavy atom. The number of ketones is 2. The normalized spacial score (nSPS) is 12.7. The van der Waals surface area contributed by atoms with E-state index < -0.39 is 23.6 Å². The highest BCUT2D eigenvalue weighted by atomic mass is 19.4. The number of Topliss-reactive ketones (excluding diaryl/α,β-unsaturated/α-hetero) is 2. The van der Waals surface area contributed by atoms with E-state index in [1.165, 1.54) is 19.9 Å². The molecule has 2 aromatic rings. The molecule has 2 aromatic carbocycles. The predicted octanol–water partition coefficient (Wildman–Crippen LogP) is 4.06. The smallest absolute Gasteiger partial charge is 0.300 e. The maximum Gasteiger partial charge on any atom is 0.416 e. The van der Waals surface area contributed by atoms with Crippen molar-refractivity contribution in [3.05, 3.63) is 70.8 Å². The molecule has 2 rings (SSSR count). The van der Waals surface area contributed by atoms with Crippen LogP contribution in [-0.2, 0) is 6.18 Å². The van der Waals surface area contributed by atoms with Crippen molar-refractivity contribution in [1.29, 1.82) is 0 Å². The third kappa shape index (κ3) is 5.00. The summed E-state index contributed by atoms with van der Waals surface area (Å²) in [6.45, 7) is 2.95. The second-order valence-corrected chi connectivity index (χ2v) is 5.84. The molecule has 132 valence electrons. The number of rotatable bonds is 6. The van der Waals surface area contributed by atoms with E-state index in [1.54, 1.807) is 30.3 Å². The zero-order chi connectivity index (χ0) is 18.6. The fraction of sp³-hybridized carbons (Fsp3) is 0.263. The Balaban J connectivity index is 2.07. The van der Waals surface area contributed by atoms with Gasteiger partial charge < -0.3 is 5.32 Å². The molecule has 0 heterocycles. The van der Waals surface area contributed by atoms with Gasteiger partial charge >= 0.3 is 6.18 Å². The molecule has 0 saturated heterocycles. The summed E-state index contributed by atoms with van der Waals surface area (Å²) in [5, 5.41) is 2.78. The van der Waals surface area contributed by atoms with Crippen LogP contribution in [0.1, 0.15) is 38.8 Å². The van der Waals surface area contributed by atoms with Crippen molar-refractivity contribution in [1.82, 2.24) is 5.32 Å². The molecular formula is C19H18F3NO2. The SMILES string of the molecule is Cc1cc(C(=O)[C@H](C)NCC(=O)c2ccccc2)cc(C(F)(F)F)c1. The van der Waals surface area contributed by atoms with E-state index in [-0.39, 0.29) is 17.9 Å². The summed E-state index contributed by atoms with van der Waals surface area (Å²) in [7, 11) is 0. The molecule has 0 unspecified atom stereocenters. The van der Waals surface area contributed by atoms with Crippen molar-refractivity contribution < 1.29 is 22.8 Å². The summed E-state index contributed by atoms with van der Waals surface area (Å²) in [4.78, 5) is 24.4. The lowest BCUT2D eigenvalue weighted by molar-refractivity contribution is -0.137. The number of hydrogen-bond acceptors (Lipinski definition) is 3. The predicted molar refractivity (Wildman–Crippen MR) is 88.7 cm³/mol. The highest BCUT2D eigenvalue weighted by molar-refractivity contribution is 6.01. The Morgan fingerprint density at radius 2 is 1.68 bits per heavy atom. The van der Waals surface area contributed by atoms with E-state index in [2.05, 4.69) is 5.32 Å². The van der Waals surface area contributed by atoms with Crippen molar-refractivity contribution in [2.45, 2.75) is 26.1 Å². The highest BCUT2D eigenvalue weighted by Crippen LogP contribution is 2.30. The number of halogens is 3. The lowest BCUT2D eigenvalue weighted by Gasteiger charge is -2.15. The molecule has 0 aromatic heterocycles. The van der Waals surface area contributed by atoms with Gasteiger partial charge in [-0.1, -0.05) is 30.3 Å². The van der Waals surface area contributed by atoms with Crippen LogP contribution in [0.15, 0.2) is 48.5 Å². The van der Waals surface area contributed by atoms with Crippen molar-refractivity contribution in [2.24, 2.45) is 0 Å². The van der Waals surface area contributed by atoms with E-state index in [1.807, 2.05) is 0 Å². The largest absolute Gasteiger partial charge is 0.416 e. The van der Waals surface area contributed by atoms with E-state index in [0.29, 0.717) is 11.1 Å². The second kappa shape index (κ2) is 7.61. The minimum Gasteiger partial charge on any atom is -0.300 e. The average Bonchev–Trinajstić information content (AvgIpc) is 2.58. The van der Waals surface area contributed by atoms with E-state index in [9.17, 15) is 22.8 Å². The van der Waals surface area contributed by atoms with Gasteiger partial charge in [0.15, 0.2) is 11.6 Å². The summed E-state index contributed by atoms with van der Waals surface area (Å²) < 4.78 is 38.6. The van der Waals surface area contributed by atoms with Crippen LogP contribution in [0.4, 0.5) is 13.2 Å². The first-order valence-corrected chi connectivity index (χ1v) is 7.73. The van der Waals surface area contributed by atoms with Crippen molar-refractivity contribution in [3.63, 3.8) is 0 Å². The minimum atomic E-state index is -4.51. The summed E-state index contributed by atoms with van der Waals surface area (Å²) in [5.74, 6) is -0.685. The maximum atomic E-state index is 12.9. The van der Waals surface area contributed by atoms with Crippen LogP contribution in [0.2, 0.25) is 0 Å². The molecule has 1 N–H and O–H groups in total. The fourth-order valence-corrected chi connectivity index (χ4v) is 2.40. The van der Waals surface area contributed by atoms with E-state index in [4.69, 9.17) is 0 Å². The Labute approximate surface area is 143 Å². The fourth-order valence-electron chi connectivity index (χ4n) is 2.40. The molecule has 0 aliphatic heterocycles. The van der Waals surface area contributed by atoms with Crippen molar-refractivity contribution >= 4 is 11.6 Å². The summed E-state index contributed by atoms with van der Waals surface area (Å²) >= 11 is 0. The summed E-state index contributed by atoms with van der Waals surface area (Å²) in [5.41, 5.74) is -0.0294. The molecule has 0 saturated carbocycles. The number of alkyl halides is 3. The van der Waals surface area contributed by atoms with Gasteiger partial charge in [-0.3, -0.25) is 9.59 Å². The van der Waals surface area contributed by atoms with Crippen LogP contribution in [0.3, 0.4) is 0 Å². The molecule has 0 spiro atoms. The third-order valence-electron chi connectivity index (χ3n) is 3.75. The lowest BCUT2D eigenvalue weighted by Crippen LogP contribution is -2.37. The van der Waals surface area contributed by atoms with Gasteiger partial charge in [-0.2, -0.15) is 13.2 Å². The lowest BCUT2D eigenvalue weighted by atomic mass is 9.99. The Kier molecular flexibility index (Phi) is 5.74. The molecule has 0 aliphatic rings. The van der Waals surface area contributed by atoms with Crippen LogP contribution in [-0.4, -0.2) is 24.2 Å². The standard InChI is InChI=1S/C19H18F3NO2/c1-12-8-15(10-16(9-12)19(20,21)22)18(25)13(2)23-11-17(24)14-6-4-3-5-7-14/h3-10,13,23H,11H2,1-2H3/t13-/m0/s1. The summed E-state index contributed by atoms with van der Waals surface area (Å²) in [6, 6.07) is 11.0. The second-order valence-electron chi connectivity index (χ2n) is 5.84. The van der Waals surface area contributed by atoms with Crippen molar-refractivity contribution in [2.75, 3.05) is 6.54 Å². The molecule has 0 radical (unpaired) electrons. The van der Waals surface area contributed by atoms with Gasteiger partial charge in [0.05, 0.1) is 18.2 Å². The zero-order valence-corrected chi connectivity index (χ0v) is 13.9. The Hall–Kier alpha value is -2.47. The molecule has 25 heavy (non-hydrogen) atoms. The third-order valence-corrected chi connectivity index (χ3v) is 3.75. The zero-order valence-electron chi connectivity index (χ0n) is 13.9. The Bertz CT molecular complexity index is 770. The van der Waals surface area contributed by atoms with Crippen LogP contribution in [0.5, 0.6) is 0 Å². The van der Waals surface area contributed by atoms with Crippen LogP contribution in [0.25, 0.3) is 0 Å². The number of hydrogen-bond donors (Lipinski definition) is 1. The van der Waals surface area contributed by atoms with E-state index in [0.717, 1.165) is 12.1 Å². The number of benzene rings is 2. The molecule has 0 aliphatic carbocycles. The molecule has 1 atom stereocenters. The monoisotopic (exact) mass is 349 g/mol. The first-order chi connectivity index (χ1) is 11.7. The van der Waals surface area contributed by atoms with Gasteiger partial charge in [0.25, 0.3) is 0 Å². The number of nitrogens with one attached hydrogen (secondary N) is 1. The molecule has 6 heteroatoms. The molecule has 3 nitrogen and oxygen atoms in total. The van der Waals surface area contributed by atoms with Gasteiger partial charge in [0.1, 0.15) is 0 Å². The van der Waals surface area contributed by atoms with Crippen LogP contribution >= 0.6 is 0 Å². The first kappa shape index (κ1) is 18.9. The molecule has 0 amide bonds. The topological polar surface area (TPSA) is 46.2 Å². The van der Waals surface area contributed by atoms with Crippen LogP contribution < -0.4 is 5.32 Å². The van der Waals surface area contributed by atoms with Gasteiger partial charge in [0.2, 0.25) is 0 Å². The average molecular weight is 349 g/mol. The summed E-state index contributed by atoms with van der Waals surface area (Å²) in [6.07, 6.45) is -4.51. The molecular weight excluding hydrogens is 331 g/mol. The quantitative estimate of drug-likeness (QED) is 0.800. The first-order valence-electron chi connectivity index (χ1n) is 7.73. The number of carbonyl (C=O) groups excluding carboxylic acids is 2.